The van der Waals surface area contributed by atoms with Crippen LogP contribution in [0, 0.1) is 5.92 Å². The quantitative estimate of drug-likeness (QED) is 0.760. The van der Waals surface area contributed by atoms with Crippen molar-refractivity contribution in [3.8, 4) is 0 Å². The molecule has 1 N–H and O–H groups in total. The van der Waals surface area contributed by atoms with Crippen molar-refractivity contribution in [2.24, 2.45) is 5.92 Å². The van der Waals surface area contributed by atoms with Crippen LogP contribution in [0.25, 0.3) is 0 Å². The van der Waals surface area contributed by atoms with Gasteiger partial charge in [-0.25, -0.2) is 0 Å². The molecule has 0 bridgehead atoms. The van der Waals surface area contributed by atoms with Crippen LogP contribution in [0.1, 0.15) is 53.4 Å². The molecule has 0 aromatic rings. The Bertz CT molecular complexity index is 223. The fraction of sp³-hybridized carbons (Fsp3) is 1.00. The zero-order valence-electron chi connectivity index (χ0n) is 12.8. The van der Waals surface area contributed by atoms with Crippen molar-refractivity contribution in [2.45, 2.75) is 71.1 Å². The second-order valence-corrected chi connectivity index (χ2v) is 5.94. The largest absolute Gasteiger partial charge is 0.377 e. The first-order valence-corrected chi connectivity index (χ1v) is 7.44. The van der Waals surface area contributed by atoms with E-state index in [0.717, 1.165) is 31.9 Å². The van der Waals surface area contributed by atoms with Crippen LogP contribution < -0.4 is 5.32 Å². The van der Waals surface area contributed by atoms with Gasteiger partial charge in [-0.2, -0.15) is 0 Å². The van der Waals surface area contributed by atoms with Crippen molar-refractivity contribution < 1.29 is 9.47 Å². The molecule has 1 fully saturated rings. The first kappa shape index (κ1) is 15.9. The highest BCUT2D eigenvalue weighted by molar-refractivity contribution is 4.96. The lowest BCUT2D eigenvalue weighted by Crippen LogP contribution is -2.56. The molecule has 0 aromatic carbocycles. The summed E-state index contributed by atoms with van der Waals surface area (Å²) in [6.07, 6.45) is 5.09. The van der Waals surface area contributed by atoms with Gasteiger partial charge >= 0.3 is 0 Å². The van der Waals surface area contributed by atoms with Gasteiger partial charge in [0.15, 0.2) is 0 Å². The number of hydrogen-bond donors (Lipinski definition) is 1. The molecule has 0 heterocycles. The Labute approximate surface area is 113 Å². The first-order valence-electron chi connectivity index (χ1n) is 7.44. The maximum atomic E-state index is 5.93. The smallest absolute Gasteiger partial charge is 0.0853 e. The van der Waals surface area contributed by atoms with Crippen LogP contribution in [0.3, 0.4) is 0 Å². The number of nitrogens with one attached hydrogen (secondary N) is 1. The number of methoxy groups -OCH3 is 1. The monoisotopic (exact) mass is 257 g/mol. The standard InChI is InChI=1S/C15H31NO2/c1-6-16-14(11-18-12(2)3)15(17-5)9-7-13(4)8-10-15/h12-14,16H,6-11H2,1-5H3. The summed E-state index contributed by atoms with van der Waals surface area (Å²) in [5.74, 6) is 0.835. The Morgan fingerprint density at radius 1 is 1.28 bits per heavy atom. The Morgan fingerprint density at radius 2 is 1.89 bits per heavy atom. The van der Waals surface area contributed by atoms with E-state index in [9.17, 15) is 0 Å². The second kappa shape index (κ2) is 7.46. The molecule has 1 saturated carbocycles. The van der Waals surface area contributed by atoms with Crippen LogP contribution in [-0.4, -0.2) is 38.0 Å². The summed E-state index contributed by atoms with van der Waals surface area (Å²) in [4.78, 5) is 0. The van der Waals surface area contributed by atoms with E-state index in [2.05, 4.69) is 33.0 Å². The summed E-state index contributed by atoms with van der Waals surface area (Å²) < 4.78 is 11.8. The summed E-state index contributed by atoms with van der Waals surface area (Å²) in [7, 11) is 1.86. The Kier molecular flexibility index (Phi) is 6.61. The maximum absolute atomic E-state index is 5.93. The molecule has 1 aliphatic rings. The molecule has 18 heavy (non-hydrogen) atoms. The molecule has 0 amide bonds. The molecule has 1 atom stereocenters. The van der Waals surface area contributed by atoms with Gasteiger partial charge in [0.05, 0.1) is 24.4 Å². The van der Waals surface area contributed by atoms with Crippen molar-refractivity contribution in [2.75, 3.05) is 20.3 Å². The third kappa shape index (κ3) is 4.22. The SMILES string of the molecule is CCNC(COC(C)C)C1(OC)CCC(C)CC1. The van der Waals surface area contributed by atoms with E-state index in [1.165, 1.54) is 12.8 Å². The molecule has 1 rings (SSSR count). The third-order valence-corrected chi connectivity index (χ3v) is 4.21. The average molecular weight is 257 g/mol. The van der Waals surface area contributed by atoms with Crippen LogP contribution in [0.2, 0.25) is 0 Å². The minimum Gasteiger partial charge on any atom is -0.377 e. The van der Waals surface area contributed by atoms with Gasteiger partial charge in [-0.1, -0.05) is 13.8 Å². The maximum Gasteiger partial charge on any atom is 0.0853 e. The lowest BCUT2D eigenvalue weighted by molar-refractivity contribution is -0.0971. The molecule has 108 valence electrons. The molecule has 0 aliphatic heterocycles. The van der Waals surface area contributed by atoms with Gasteiger partial charge < -0.3 is 14.8 Å². The van der Waals surface area contributed by atoms with E-state index in [0.29, 0.717) is 6.04 Å². The molecule has 0 aromatic heterocycles. The Hall–Kier alpha value is -0.120. The molecular formula is C15H31NO2. The molecule has 1 unspecified atom stereocenters. The fourth-order valence-electron chi connectivity index (χ4n) is 2.88. The Morgan fingerprint density at radius 3 is 2.33 bits per heavy atom. The fourth-order valence-corrected chi connectivity index (χ4v) is 2.88. The zero-order valence-corrected chi connectivity index (χ0v) is 12.8. The van der Waals surface area contributed by atoms with Gasteiger partial charge in [-0.05, 0) is 52.0 Å². The van der Waals surface area contributed by atoms with Gasteiger partial charge in [-0.15, -0.1) is 0 Å². The highest BCUT2D eigenvalue weighted by atomic mass is 16.5. The van der Waals surface area contributed by atoms with Crippen LogP contribution in [0.15, 0.2) is 0 Å². The summed E-state index contributed by atoms with van der Waals surface area (Å²) in [5, 5.41) is 3.56. The minimum absolute atomic E-state index is 0.0303. The van der Waals surface area contributed by atoms with Crippen LogP contribution in [0.4, 0.5) is 0 Å². The third-order valence-electron chi connectivity index (χ3n) is 4.21. The molecule has 3 nitrogen and oxygen atoms in total. The van der Waals surface area contributed by atoms with Crippen molar-refractivity contribution in [1.82, 2.24) is 5.32 Å². The highest BCUT2D eigenvalue weighted by Crippen LogP contribution is 2.37. The van der Waals surface area contributed by atoms with Gasteiger partial charge in [0.25, 0.3) is 0 Å². The number of likely N-dealkylation sites (N-methyl/N-ethyl adjacent to an activating group) is 1. The van der Waals surface area contributed by atoms with Gasteiger partial charge in [-0.3, -0.25) is 0 Å². The first-order chi connectivity index (χ1) is 8.54. The molecular weight excluding hydrogens is 226 g/mol. The van der Waals surface area contributed by atoms with E-state index in [-0.39, 0.29) is 11.7 Å². The van der Waals surface area contributed by atoms with Crippen LogP contribution in [-0.2, 0) is 9.47 Å². The average Bonchev–Trinajstić information content (AvgIpc) is 2.36. The minimum atomic E-state index is -0.0303. The van der Waals surface area contributed by atoms with Crippen molar-refractivity contribution in [3.63, 3.8) is 0 Å². The van der Waals surface area contributed by atoms with Gasteiger partial charge in [0.2, 0.25) is 0 Å². The summed E-state index contributed by atoms with van der Waals surface area (Å²) >= 11 is 0. The number of rotatable bonds is 7. The highest BCUT2D eigenvalue weighted by Gasteiger charge is 2.41. The predicted molar refractivity (Wildman–Crippen MR) is 75.9 cm³/mol. The van der Waals surface area contributed by atoms with E-state index < -0.39 is 0 Å². The normalized spacial score (nSPS) is 30.7. The van der Waals surface area contributed by atoms with Crippen molar-refractivity contribution in [3.05, 3.63) is 0 Å². The molecule has 0 radical (unpaired) electrons. The van der Waals surface area contributed by atoms with E-state index >= 15 is 0 Å². The molecule has 3 heteroatoms. The Balaban J connectivity index is 2.66. The summed E-state index contributed by atoms with van der Waals surface area (Å²) in [6.45, 7) is 10.4. The van der Waals surface area contributed by atoms with E-state index in [1.54, 1.807) is 0 Å². The van der Waals surface area contributed by atoms with Crippen molar-refractivity contribution >= 4 is 0 Å². The summed E-state index contributed by atoms with van der Waals surface area (Å²) in [6, 6.07) is 0.308. The number of hydrogen-bond acceptors (Lipinski definition) is 3. The van der Waals surface area contributed by atoms with Crippen LogP contribution >= 0.6 is 0 Å². The predicted octanol–water partition coefficient (Wildman–Crippen LogP) is 2.98. The van der Waals surface area contributed by atoms with Crippen molar-refractivity contribution in [1.29, 1.82) is 0 Å². The molecule has 0 spiro atoms. The van der Waals surface area contributed by atoms with Gasteiger partial charge in [0, 0.05) is 7.11 Å². The molecule has 0 saturated heterocycles. The van der Waals surface area contributed by atoms with Crippen LogP contribution in [0.5, 0.6) is 0 Å². The summed E-state index contributed by atoms with van der Waals surface area (Å²) in [5.41, 5.74) is -0.0303. The van der Waals surface area contributed by atoms with Gasteiger partial charge in [0.1, 0.15) is 0 Å². The van der Waals surface area contributed by atoms with E-state index in [4.69, 9.17) is 9.47 Å². The lowest BCUT2D eigenvalue weighted by atomic mass is 9.75. The number of ether oxygens (including phenoxy) is 2. The van der Waals surface area contributed by atoms with E-state index in [1.807, 2.05) is 7.11 Å². The second-order valence-electron chi connectivity index (χ2n) is 5.94. The molecule has 1 aliphatic carbocycles. The lowest BCUT2D eigenvalue weighted by Gasteiger charge is -2.44. The zero-order chi connectivity index (χ0) is 13.6. The topological polar surface area (TPSA) is 30.5 Å².